The summed E-state index contributed by atoms with van der Waals surface area (Å²) in [5.74, 6) is -0.0892. The van der Waals surface area contributed by atoms with Gasteiger partial charge >= 0.3 is 0 Å². The SMILES string of the molecule is CN1CCN(c2nc3ccc(NC(=O)c4ccc(C(C)(C)C)cc4)cc3s2)CC1. The van der Waals surface area contributed by atoms with Gasteiger partial charge in [-0.3, -0.25) is 4.79 Å². The molecule has 3 aromatic rings. The lowest BCUT2D eigenvalue weighted by Gasteiger charge is -2.31. The number of hydrogen-bond acceptors (Lipinski definition) is 5. The first-order chi connectivity index (χ1) is 13.8. The van der Waals surface area contributed by atoms with Gasteiger partial charge in [0.1, 0.15) is 0 Å². The van der Waals surface area contributed by atoms with Gasteiger partial charge in [-0.15, -0.1) is 0 Å². The van der Waals surface area contributed by atoms with E-state index in [0.29, 0.717) is 5.56 Å². The predicted molar refractivity (Wildman–Crippen MR) is 122 cm³/mol. The molecule has 2 heterocycles. The summed E-state index contributed by atoms with van der Waals surface area (Å²) in [6.07, 6.45) is 0. The van der Waals surface area contributed by atoms with Gasteiger partial charge in [-0.25, -0.2) is 4.98 Å². The van der Waals surface area contributed by atoms with Gasteiger partial charge in [-0.2, -0.15) is 0 Å². The van der Waals surface area contributed by atoms with Crippen molar-refractivity contribution in [2.75, 3.05) is 43.4 Å². The van der Waals surface area contributed by atoms with Crippen LogP contribution in [0.3, 0.4) is 0 Å². The maximum absolute atomic E-state index is 12.7. The molecule has 2 aromatic carbocycles. The molecule has 0 unspecified atom stereocenters. The number of amides is 1. The second-order valence-corrected chi connectivity index (χ2v) is 9.76. The average molecular weight is 409 g/mol. The Morgan fingerprint density at radius 1 is 1.03 bits per heavy atom. The van der Waals surface area contributed by atoms with Crippen molar-refractivity contribution in [1.29, 1.82) is 0 Å². The summed E-state index contributed by atoms with van der Waals surface area (Å²) in [4.78, 5) is 22.1. The number of rotatable bonds is 3. The van der Waals surface area contributed by atoms with Crippen molar-refractivity contribution in [2.45, 2.75) is 26.2 Å². The van der Waals surface area contributed by atoms with Crippen LogP contribution in [-0.4, -0.2) is 49.0 Å². The number of nitrogens with one attached hydrogen (secondary N) is 1. The Balaban J connectivity index is 1.48. The summed E-state index contributed by atoms with van der Waals surface area (Å²) in [6.45, 7) is 10.6. The molecule has 0 radical (unpaired) electrons. The van der Waals surface area contributed by atoms with Crippen LogP contribution in [0.4, 0.5) is 10.8 Å². The Hall–Kier alpha value is -2.44. The van der Waals surface area contributed by atoms with Crippen LogP contribution in [0.1, 0.15) is 36.7 Å². The lowest BCUT2D eigenvalue weighted by atomic mass is 9.87. The number of hydrogen-bond donors (Lipinski definition) is 1. The van der Waals surface area contributed by atoms with E-state index < -0.39 is 0 Å². The van der Waals surface area contributed by atoms with Gasteiger partial charge in [0.15, 0.2) is 5.13 Å². The predicted octanol–water partition coefficient (Wildman–Crippen LogP) is 4.60. The molecule has 29 heavy (non-hydrogen) atoms. The van der Waals surface area contributed by atoms with Gasteiger partial charge in [-0.05, 0) is 48.4 Å². The molecule has 1 N–H and O–H groups in total. The first-order valence-corrected chi connectivity index (χ1v) is 10.9. The molecule has 0 aliphatic carbocycles. The molecule has 0 spiro atoms. The number of carbonyl (C=O) groups is 1. The van der Waals surface area contributed by atoms with E-state index >= 15 is 0 Å². The van der Waals surface area contributed by atoms with Crippen molar-refractivity contribution < 1.29 is 4.79 Å². The van der Waals surface area contributed by atoms with Crippen LogP contribution in [0.5, 0.6) is 0 Å². The number of nitrogens with zero attached hydrogens (tertiary/aromatic N) is 3. The topological polar surface area (TPSA) is 48.5 Å². The summed E-state index contributed by atoms with van der Waals surface area (Å²) < 4.78 is 1.10. The minimum Gasteiger partial charge on any atom is -0.345 e. The molecule has 0 saturated carbocycles. The van der Waals surface area contributed by atoms with E-state index in [1.54, 1.807) is 11.3 Å². The fourth-order valence-electron chi connectivity index (χ4n) is 3.45. The van der Waals surface area contributed by atoms with Gasteiger partial charge in [0.05, 0.1) is 10.2 Å². The van der Waals surface area contributed by atoms with Crippen LogP contribution < -0.4 is 10.2 Å². The molecule has 1 aromatic heterocycles. The molecule has 1 amide bonds. The van der Waals surface area contributed by atoms with E-state index in [1.807, 2.05) is 42.5 Å². The highest BCUT2D eigenvalue weighted by atomic mass is 32.1. The van der Waals surface area contributed by atoms with Crippen LogP contribution in [0, 0.1) is 0 Å². The second-order valence-electron chi connectivity index (χ2n) is 8.75. The standard InChI is InChI=1S/C23H28N4OS/c1-23(2,3)17-7-5-16(6-8-17)21(28)24-18-9-10-19-20(15-18)29-22(25-19)27-13-11-26(4)12-14-27/h5-10,15H,11-14H2,1-4H3,(H,24,28). The molecule has 1 saturated heterocycles. The molecule has 1 fully saturated rings. The fraction of sp³-hybridized carbons (Fsp3) is 0.391. The second kappa shape index (κ2) is 7.76. The largest absolute Gasteiger partial charge is 0.345 e. The molecule has 1 aliphatic heterocycles. The number of anilines is 2. The van der Waals surface area contributed by atoms with Crippen molar-refractivity contribution in [3.8, 4) is 0 Å². The molecular formula is C23H28N4OS. The first kappa shape index (κ1) is 19.9. The first-order valence-electron chi connectivity index (χ1n) is 10.1. The third-order valence-corrected chi connectivity index (χ3v) is 6.50. The summed E-state index contributed by atoms with van der Waals surface area (Å²) in [5, 5.41) is 4.09. The van der Waals surface area contributed by atoms with E-state index in [2.05, 4.69) is 42.9 Å². The highest BCUT2D eigenvalue weighted by Crippen LogP contribution is 2.31. The molecule has 0 bridgehead atoms. The lowest BCUT2D eigenvalue weighted by molar-refractivity contribution is 0.102. The number of likely N-dealkylation sites (N-methyl/N-ethyl adjacent to an activating group) is 1. The molecular weight excluding hydrogens is 380 g/mol. The van der Waals surface area contributed by atoms with Crippen LogP contribution >= 0.6 is 11.3 Å². The van der Waals surface area contributed by atoms with Crippen LogP contribution in [-0.2, 0) is 5.41 Å². The molecule has 152 valence electrons. The van der Waals surface area contributed by atoms with E-state index in [0.717, 1.165) is 47.2 Å². The third kappa shape index (κ3) is 4.43. The maximum atomic E-state index is 12.7. The Kier molecular flexibility index (Phi) is 5.32. The van der Waals surface area contributed by atoms with Crippen molar-refractivity contribution in [1.82, 2.24) is 9.88 Å². The van der Waals surface area contributed by atoms with Crippen molar-refractivity contribution >= 4 is 38.3 Å². The highest BCUT2D eigenvalue weighted by molar-refractivity contribution is 7.22. The summed E-state index contributed by atoms with van der Waals surface area (Å²) in [7, 11) is 2.15. The number of fused-ring (bicyclic) bond motifs is 1. The minimum atomic E-state index is -0.0892. The van der Waals surface area contributed by atoms with Crippen LogP contribution in [0.2, 0.25) is 0 Å². The molecule has 5 nitrogen and oxygen atoms in total. The van der Waals surface area contributed by atoms with E-state index in [1.165, 1.54) is 5.56 Å². The molecule has 0 atom stereocenters. The quantitative estimate of drug-likeness (QED) is 0.688. The monoisotopic (exact) mass is 408 g/mol. The maximum Gasteiger partial charge on any atom is 0.255 e. The lowest BCUT2D eigenvalue weighted by Crippen LogP contribution is -2.44. The zero-order valence-electron chi connectivity index (χ0n) is 17.5. The Labute approximate surface area is 176 Å². The number of piperazine rings is 1. The molecule has 4 rings (SSSR count). The van der Waals surface area contributed by atoms with Gasteiger partial charge < -0.3 is 15.1 Å². The Bertz CT molecular complexity index is 1010. The molecule has 6 heteroatoms. The molecule has 1 aliphatic rings. The zero-order chi connectivity index (χ0) is 20.6. The van der Waals surface area contributed by atoms with Gasteiger partial charge in [0, 0.05) is 37.4 Å². The zero-order valence-corrected chi connectivity index (χ0v) is 18.3. The summed E-state index contributed by atoms with van der Waals surface area (Å²) in [5.41, 5.74) is 3.75. The number of carbonyl (C=O) groups excluding carboxylic acids is 1. The number of benzene rings is 2. The highest BCUT2D eigenvalue weighted by Gasteiger charge is 2.18. The summed E-state index contributed by atoms with van der Waals surface area (Å²) in [6, 6.07) is 13.8. The van der Waals surface area contributed by atoms with Crippen LogP contribution in [0.25, 0.3) is 10.2 Å². The van der Waals surface area contributed by atoms with Gasteiger partial charge in [-0.1, -0.05) is 44.2 Å². The average Bonchev–Trinajstić information content (AvgIpc) is 3.11. The van der Waals surface area contributed by atoms with Gasteiger partial charge in [0.25, 0.3) is 5.91 Å². The van der Waals surface area contributed by atoms with Crippen LogP contribution in [0.15, 0.2) is 42.5 Å². The smallest absolute Gasteiger partial charge is 0.255 e. The Morgan fingerprint density at radius 2 is 1.72 bits per heavy atom. The van der Waals surface area contributed by atoms with E-state index in [4.69, 9.17) is 4.98 Å². The Morgan fingerprint density at radius 3 is 2.38 bits per heavy atom. The van der Waals surface area contributed by atoms with Crippen molar-refractivity contribution in [2.24, 2.45) is 0 Å². The van der Waals surface area contributed by atoms with Crippen molar-refractivity contribution in [3.63, 3.8) is 0 Å². The van der Waals surface area contributed by atoms with Gasteiger partial charge in [0.2, 0.25) is 0 Å². The number of aromatic nitrogens is 1. The van der Waals surface area contributed by atoms with E-state index in [9.17, 15) is 4.79 Å². The third-order valence-electron chi connectivity index (χ3n) is 5.42. The summed E-state index contributed by atoms with van der Waals surface area (Å²) >= 11 is 1.69. The van der Waals surface area contributed by atoms with E-state index in [-0.39, 0.29) is 11.3 Å². The fourth-order valence-corrected chi connectivity index (χ4v) is 4.50. The number of thiazole rings is 1. The van der Waals surface area contributed by atoms with Crippen molar-refractivity contribution in [3.05, 3.63) is 53.6 Å². The normalized spacial score (nSPS) is 15.7. The minimum absolute atomic E-state index is 0.0771.